The summed E-state index contributed by atoms with van der Waals surface area (Å²) in [6.07, 6.45) is 7.86. The molecule has 3 unspecified atom stereocenters. The number of benzene rings is 1. The SMILES string of the molecule is CCCCCC(O)CC1COC1CCc1ccccc1. The molecular weight excluding hydrogens is 248 g/mol. The molecule has 0 amide bonds. The third-order valence-corrected chi connectivity index (χ3v) is 4.33. The van der Waals surface area contributed by atoms with Crippen LogP contribution < -0.4 is 0 Å². The highest BCUT2D eigenvalue weighted by Crippen LogP contribution is 2.29. The van der Waals surface area contributed by atoms with Crippen molar-refractivity contribution in [2.45, 2.75) is 64.1 Å². The molecule has 1 aromatic carbocycles. The van der Waals surface area contributed by atoms with Crippen molar-refractivity contribution >= 4 is 0 Å². The van der Waals surface area contributed by atoms with Gasteiger partial charge in [-0.15, -0.1) is 0 Å². The Hall–Kier alpha value is -0.860. The highest BCUT2D eigenvalue weighted by Gasteiger charge is 2.32. The summed E-state index contributed by atoms with van der Waals surface area (Å²) in [5.41, 5.74) is 1.38. The molecule has 0 spiro atoms. The Morgan fingerprint density at radius 1 is 1.25 bits per heavy atom. The quantitative estimate of drug-likeness (QED) is 0.692. The van der Waals surface area contributed by atoms with E-state index < -0.39 is 0 Å². The molecule has 0 saturated carbocycles. The lowest BCUT2D eigenvalue weighted by atomic mass is 9.87. The first-order valence-electron chi connectivity index (χ1n) is 8.13. The van der Waals surface area contributed by atoms with Gasteiger partial charge in [-0.05, 0) is 31.2 Å². The number of aryl methyl sites for hydroxylation is 1. The molecule has 0 radical (unpaired) electrons. The van der Waals surface area contributed by atoms with Crippen LogP contribution in [-0.2, 0) is 11.2 Å². The van der Waals surface area contributed by atoms with E-state index in [-0.39, 0.29) is 6.10 Å². The smallest absolute Gasteiger partial charge is 0.0629 e. The van der Waals surface area contributed by atoms with E-state index in [0.717, 1.165) is 38.7 Å². The minimum atomic E-state index is -0.130. The first-order valence-corrected chi connectivity index (χ1v) is 8.13. The van der Waals surface area contributed by atoms with Crippen molar-refractivity contribution in [2.24, 2.45) is 5.92 Å². The Morgan fingerprint density at radius 3 is 2.70 bits per heavy atom. The zero-order valence-electron chi connectivity index (χ0n) is 12.6. The van der Waals surface area contributed by atoms with Crippen LogP contribution in [0.4, 0.5) is 0 Å². The molecule has 0 aromatic heterocycles. The van der Waals surface area contributed by atoms with Gasteiger partial charge in [-0.2, -0.15) is 0 Å². The predicted octanol–water partition coefficient (Wildman–Crippen LogP) is 3.97. The Kier molecular flexibility index (Phi) is 6.55. The number of hydrogen-bond donors (Lipinski definition) is 1. The van der Waals surface area contributed by atoms with E-state index in [1.54, 1.807) is 0 Å². The lowest BCUT2D eigenvalue weighted by molar-refractivity contribution is -0.131. The van der Waals surface area contributed by atoms with Gasteiger partial charge in [0.05, 0.1) is 18.8 Å². The molecule has 2 heteroatoms. The van der Waals surface area contributed by atoms with Crippen molar-refractivity contribution in [3.63, 3.8) is 0 Å². The molecule has 1 aliphatic rings. The van der Waals surface area contributed by atoms with Crippen LogP contribution in [0.15, 0.2) is 30.3 Å². The largest absolute Gasteiger partial charge is 0.393 e. The van der Waals surface area contributed by atoms with E-state index in [1.165, 1.54) is 18.4 Å². The summed E-state index contributed by atoms with van der Waals surface area (Å²) in [5.74, 6) is 0.565. The van der Waals surface area contributed by atoms with Crippen LogP contribution in [-0.4, -0.2) is 23.9 Å². The Bertz CT molecular complexity index is 363. The molecule has 2 rings (SSSR count). The highest BCUT2D eigenvalue weighted by molar-refractivity contribution is 5.14. The van der Waals surface area contributed by atoms with Crippen molar-refractivity contribution in [1.29, 1.82) is 0 Å². The minimum Gasteiger partial charge on any atom is -0.393 e. The molecule has 3 atom stereocenters. The number of aliphatic hydroxyl groups excluding tert-OH is 1. The summed E-state index contributed by atoms with van der Waals surface area (Å²) < 4.78 is 5.68. The van der Waals surface area contributed by atoms with Gasteiger partial charge in [0.2, 0.25) is 0 Å². The van der Waals surface area contributed by atoms with Crippen LogP contribution in [0.25, 0.3) is 0 Å². The third-order valence-electron chi connectivity index (χ3n) is 4.33. The fourth-order valence-corrected chi connectivity index (χ4v) is 2.96. The molecule has 112 valence electrons. The van der Waals surface area contributed by atoms with Crippen molar-refractivity contribution in [3.8, 4) is 0 Å². The van der Waals surface area contributed by atoms with E-state index in [9.17, 15) is 5.11 Å². The molecule has 1 aromatic rings. The first kappa shape index (κ1) is 15.5. The maximum atomic E-state index is 10.1. The molecule has 0 aliphatic carbocycles. The van der Waals surface area contributed by atoms with Gasteiger partial charge in [0, 0.05) is 5.92 Å². The number of rotatable bonds is 9. The van der Waals surface area contributed by atoms with Gasteiger partial charge in [0.15, 0.2) is 0 Å². The van der Waals surface area contributed by atoms with E-state index in [2.05, 4.69) is 37.3 Å². The summed E-state index contributed by atoms with van der Waals surface area (Å²) >= 11 is 0. The maximum absolute atomic E-state index is 10.1. The topological polar surface area (TPSA) is 29.5 Å². The molecule has 2 nitrogen and oxygen atoms in total. The predicted molar refractivity (Wildman–Crippen MR) is 82.8 cm³/mol. The highest BCUT2D eigenvalue weighted by atomic mass is 16.5. The summed E-state index contributed by atoms with van der Waals surface area (Å²) in [6.45, 7) is 3.04. The number of unbranched alkanes of at least 4 members (excludes halogenated alkanes) is 2. The molecule has 1 aliphatic heterocycles. The van der Waals surface area contributed by atoms with Gasteiger partial charge in [-0.1, -0.05) is 56.5 Å². The first-order chi connectivity index (χ1) is 9.79. The second-order valence-corrected chi connectivity index (χ2v) is 6.04. The summed E-state index contributed by atoms with van der Waals surface area (Å²) in [5, 5.41) is 10.1. The van der Waals surface area contributed by atoms with Gasteiger partial charge in [-0.25, -0.2) is 0 Å². The van der Waals surface area contributed by atoms with Gasteiger partial charge in [0.1, 0.15) is 0 Å². The number of aliphatic hydroxyl groups is 1. The van der Waals surface area contributed by atoms with E-state index in [1.807, 2.05) is 0 Å². The molecule has 0 bridgehead atoms. The van der Waals surface area contributed by atoms with Crippen molar-refractivity contribution < 1.29 is 9.84 Å². The lowest BCUT2D eigenvalue weighted by Crippen LogP contribution is -2.41. The van der Waals surface area contributed by atoms with Gasteiger partial charge in [0.25, 0.3) is 0 Å². The van der Waals surface area contributed by atoms with Crippen LogP contribution in [0.2, 0.25) is 0 Å². The zero-order chi connectivity index (χ0) is 14.2. The second kappa shape index (κ2) is 8.43. The van der Waals surface area contributed by atoms with Crippen molar-refractivity contribution in [3.05, 3.63) is 35.9 Å². The average Bonchev–Trinajstić information content (AvgIpc) is 2.45. The van der Waals surface area contributed by atoms with Crippen LogP contribution in [0.5, 0.6) is 0 Å². The third kappa shape index (κ3) is 4.92. The van der Waals surface area contributed by atoms with E-state index >= 15 is 0 Å². The monoisotopic (exact) mass is 276 g/mol. The Morgan fingerprint density at radius 2 is 2.05 bits per heavy atom. The van der Waals surface area contributed by atoms with Gasteiger partial charge in [-0.3, -0.25) is 0 Å². The van der Waals surface area contributed by atoms with Crippen LogP contribution in [0.1, 0.15) is 51.0 Å². The maximum Gasteiger partial charge on any atom is 0.0629 e. The average molecular weight is 276 g/mol. The van der Waals surface area contributed by atoms with Crippen molar-refractivity contribution in [2.75, 3.05) is 6.61 Å². The summed E-state index contributed by atoms with van der Waals surface area (Å²) in [6, 6.07) is 10.6. The number of ether oxygens (including phenoxy) is 1. The van der Waals surface area contributed by atoms with E-state index in [0.29, 0.717) is 12.0 Å². The van der Waals surface area contributed by atoms with Crippen molar-refractivity contribution in [1.82, 2.24) is 0 Å². The molecular formula is C18H28O2. The van der Waals surface area contributed by atoms with Crippen LogP contribution in [0, 0.1) is 5.92 Å². The summed E-state index contributed by atoms with van der Waals surface area (Å²) in [7, 11) is 0. The molecule has 20 heavy (non-hydrogen) atoms. The van der Waals surface area contributed by atoms with Crippen LogP contribution >= 0.6 is 0 Å². The fraction of sp³-hybridized carbons (Fsp3) is 0.667. The Balaban J connectivity index is 1.64. The fourth-order valence-electron chi connectivity index (χ4n) is 2.96. The van der Waals surface area contributed by atoms with Gasteiger partial charge < -0.3 is 9.84 Å². The minimum absolute atomic E-state index is 0.130. The number of hydrogen-bond acceptors (Lipinski definition) is 2. The standard InChI is InChI=1S/C18H28O2/c1-2-3-5-10-17(19)13-16-14-20-18(16)12-11-15-8-6-4-7-9-15/h4,6-9,16-19H,2-3,5,10-14H2,1H3. The zero-order valence-corrected chi connectivity index (χ0v) is 12.6. The Labute approximate surface area is 123 Å². The summed E-state index contributed by atoms with van der Waals surface area (Å²) in [4.78, 5) is 0. The molecule has 1 saturated heterocycles. The molecule has 1 heterocycles. The normalized spacial score (nSPS) is 23.3. The lowest BCUT2D eigenvalue weighted by Gasteiger charge is -2.38. The molecule has 1 N–H and O–H groups in total. The second-order valence-electron chi connectivity index (χ2n) is 6.04. The molecule has 1 fully saturated rings. The van der Waals surface area contributed by atoms with Crippen LogP contribution in [0.3, 0.4) is 0 Å². The van der Waals surface area contributed by atoms with Gasteiger partial charge >= 0.3 is 0 Å². The van der Waals surface area contributed by atoms with E-state index in [4.69, 9.17) is 4.74 Å².